The fourth-order valence-corrected chi connectivity index (χ4v) is 2.33. The zero-order chi connectivity index (χ0) is 17.6. The maximum Gasteiger partial charge on any atom is 0.251 e. The average molecular weight is 327 g/mol. The Morgan fingerprint density at radius 1 is 1.21 bits per heavy atom. The second kappa shape index (κ2) is 7.93. The highest BCUT2D eigenvalue weighted by Gasteiger charge is 2.26. The summed E-state index contributed by atoms with van der Waals surface area (Å²) in [6.45, 7) is 4.65. The highest BCUT2D eigenvalue weighted by molar-refractivity contribution is 5.84. The first kappa shape index (κ1) is 17.9. The van der Waals surface area contributed by atoms with Gasteiger partial charge in [-0.2, -0.15) is 0 Å². The maximum absolute atomic E-state index is 12.2. The molecule has 1 aromatic heterocycles. The van der Waals surface area contributed by atoms with Crippen molar-refractivity contribution >= 4 is 11.7 Å². The third kappa shape index (κ3) is 4.55. The van der Waals surface area contributed by atoms with Gasteiger partial charge in [0.05, 0.1) is 0 Å². The van der Waals surface area contributed by atoms with Crippen LogP contribution >= 0.6 is 0 Å². The standard InChI is InChI=1S/C19H25N3O2/c1-19(2,24-4)18(23)21-13-16-11-8-12-20-17(16)22(3)14-15-9-6-5-7-10-15/h5-12H,13-14H2,1-4H3,(H,21,23). The minimum Gasteiger partial charge on any atom is -0.369 e. The van der Waals surface area contributed by atoms with Gasteiger partial charge in [0.1, 0.15) is 11.4 Å². The Hall–Kier alpha value is -2.40. The van der Waals surface area contributed by atoms with Crippen LogP contribution in [0.2, 0.25) is 0 Å². The summed E-state index contributed by atoms with van der Waals surface area (Å²) in [7, 11) is 3.53. The van der Waals surface area contributed by atoms with Gasteiger partial charge in [0, 0.05) is 39.0 Å². The summed E-state index contributed by atoms with van der Waals surface area (Å²) >= 11 is 0. The van der Waals surface area contributed by atoms with Gasteiger partial charge in [0.2, 0.25) is 0 Å². The topological polar surface area (TPSA) is 54.5 Å². The number of carbonyl (C=O) groups is 1. The lowest BCUT2D eigenvalue weighted by atomic mass is 10.1. The summed E-state index contributed by atoms with van der Waals surface area (Å²) in [6.07, 6.45) is 1.77. The lowest BCUT2D eigenvalue weighted by molar-refractivity contribution is -0.139. The van der Waals surface area contributed by atoms with Crippen molar-refractivity contribution < 1.29 is 9.53 Å². The van der Waals surface area contributed by atoms with Crippen molar-refractivity contribution in [3.05, 3.63) is 59.8 Å². The fraction of sp³-hybridized carbons (Fsp3) is 0.368. The molecule has 128 valence electrons. The Labute approximate surface area is 143 Å². The Morgan fingerprint density at radius 2 is 1.92 bits per heavy atom. The number of benzene rings is 1. The van der Waals surface area contributed by atoms with Crippen LogP contribution in [0.4, 0.5) is 5.82 Å². The van der Waals surface area contributed by atoms with Crippen LogP contribution < -0.4 is 10.2 Å². The molecule has 0 unspecified atom stereocenters. The SMILES string of the molecule is COC(C)(C)C(=O)NCc1cccnc1N(C)Cc1ccccc1. The Kier molecular flexibility index (Phi) is 5.93. The number of anilines is 1. The first-order valence-electron chi connectivity index (χ1n) is 7.96. The van der Waals surface area contributed by atoms with Crippen molar-refractivity contribution in [1.29, 1.82) is 0 Å². The molecule has 0 aliphatic heterocycles. The molecular weight excluding hydrogens is 302 g/mol. The van der Waals surface area contributed by atoms with Gasteiger partial charge >= 0.3 is 0 Å². The summed E-state index contributed by atoms with van der Waals surface area (Å²) < 4.78 is 5.21. The largest absolute Gasteiger partial charge is 0.369 e. The molecule has 0 saturated carbocycles. The van der Waals surface area contributed by atoms with Gasteiger partial charge in [0.15, 0.2) is 0 Å². The predicted octanol–water partition coefficient (Wildman–Crippen LogP) is 2.76. The first-order valence-corrected chi connectivity index (χ1v) is 7.96. The van der Waals surface area contributed by atoms with Crippen LogP contribution in [0.25, 0.3) is 0 Å². The van der Waals surface area contributed by atoms with Crippen LogP contribution in [0.5, 0.6) is 0 Å². The number of amides is 1. The lowest BCUT2D eigenvalue weighted by Gasteiger charge is -2.24. The molecule has 1 amide bonds. The molecule has 5 nitrogen and oxygen atoms in total. The normalized spacial score (nSPS) is 11.2. The monoisotopic (exact) mass is 327 g/mol. The van der Waals surface area contributed by atoms with E-state index in [0.29, 0.717) is 6.54 Å². The molecule has 1 aromatic carbocycles. The number of nitrogens with one attached hydrogen (secondary N) is 1. The summed E-state index contributed by atoms with van der Waals surface area (Å²) in [5.41, 5.74) is 1.33. The van der Waals surface area contributed by atoms with Gasteiger partial charge < -0.3 is 15.0 Å². The van der Waals surface area contributed by atoms with Crippen LogP contribution in [0, 0.1) is 0 Å². The van der Waals surface area contributed by atoms with Crippen LogP contribution in [0.15, 0.2) is 48.7 Å². The van der Waals surface area contributed by atoms with Crippen molar-refractivity contribution in [2.24, 2.45) is 0 Å². The van der Waals surface area contributed by atoms with E-state index in [1.54, 1.807) is 20.0 Å². The molecule has 1 N–H and O–H groups in total. The highest BCUT2D eigenvalue weighted by atomic mass is 16.5. The molecule has 1 heterocycles. The summed E-state index contributed by atoms with van der Waals surface area (Å²) in [5, 5.41) is 2.92. The summed E-state index contributed by atoms with van der Waals surface area (Å²) in [4.78, 5) is 18.7. The predicted molar refractivity (Wildman–Crippen MR) is 95.7 cm³/mol. The maximum atomic E-state index is 12.2. The summed E-state index contributed by atoms with van der Waals surface area (Å²) in [5.74, 6) is 0.711. The Balaban J connectivity index is 2.08. The van der Waals surface area contributed by atoms with E-state index < -0.39 is 5.60 Å². The average Bonchev–Trinajstić information content (AvgIpc) is 2.60. The van der Waals surface area contributed by atoms with E-state index in [1.807, 2.05) is 37.4 Å². The van der Waals surface area contributed by atoms with Gasteiger partial charge in [-0.3, -0.25) is 4.79 Å². The molecule has 0 aliphatic rings. The number of rotatable bonds is 7. The number of hydrogen-bond acceptors (Lipinski definition) is 4. The molecule has 0 bridgehead atoms. The van der Waals surface area contributed by atoms with E-state index >= 15 is 0 Å². The van der Waals surface area contributed by atoms with E-state index in [9.17, 15) is 4.79 Å². The van der Waals surface area contributed by atoms with Crippen LogP contribution in [0.1, 0.15) is 25.0 Å². The molecule has 0 aliphatic carbocycles. The second-order valence-corrected chi connectivity index (χ2v) is 6.22. The number of pyridine rings is 1. The number of aromatic nitrogens is 1. The molecule has 0 fully saturated rings. The zero-order valence-corrected chi connectivity index (χ0v) is 14.7. The van der Waals surface area contributed by atoms with Crippen molar-refractivity contribution in [3.63, 3.8) is 0 Å². The Bertz CT molecular complexity index is 671. The number of carbonyl (C=O) groups excluding carboxylic acids is 1. The third-order valence-corrected chi connectivity index (χ3v) is 3.99. The van der Waals surface area contributed by atoms with E-state index in [1.165, 1.54) is 12.7 Å². The van der Waals surface area contributed by atoms with Gasteiger partial charge in [-0.15, -0.1) is 0 Å². The number of nitrogens with zero attached hydrogens (tertiary/aromatic N) is 2. The smallest absolute Gasteiger partial charge is 0.251 e. The number of ether oxygens (including phenoxy) is 1. The second-order valence-electron chi connectivity index (χ2n) is 6.22. The van der Waals surface area contributed by atoms with Gasteiger partial charge in [-0.25, -0.2) is 4.98 Å². The fourth-order valence-electron chi connectivity index (χ4n) is 2.33. The number of hydrogen-bond donors (Lipinski definition) is 1. The lowest BCUT2D eigenvalue weighted by Crippen LogP contribution is -2.43. The first-order chi connectivity index (χ1) is 11.4. The van der Waals surface area contributed by atoms with E-state index in [2.05, 4.69) is 27.3 Å². The van der Waals surface area contributed by atoms with Crippen molar-refractivity contribution in [2.45, 2.75) is 32.5 Å². The van der Waals surface area contributed by atoms with Crippen molar-refractivity contribution in [3.8, 4) is 0 Å². The van der Waals surface area contributed by atoms with Crippen molar-refractivity contribution in [1.82, 2.24) is 10.3 Å². The van der Waals surface area contributed by atoms with Crippen molar-refractivity contribution in [2.75, 3.05) is 19.1 Å². The molecule has 0 radical (unpaired) electrons. The molecule has 0 atom stereocenters. The van der Waals surface area contributed by atoms with Gasteiger partial charge in [0.25, 0.3) is 5.91 Å². The molecule has 2 rings (SSSR count). The minimum atomic E-state index is -0.849. The van der Waals surface area contributed by atoms with Gasteiger partial charge in [-0.1, -0.05) is 36.4 Å². The van der Waals surface area contributed by atoms with Crippen LogP contribution in [0.3, 0.4) is 0 Å². The van der Waals surface area contributed by atoms with Crippen LogP contribution in [-0.4, -0.2) is 30.6 Å². The molecule has 0 saturated heterocycles. The molecule has 0 spiro atoms. The minimum absolute atomic E-state index is 0.148. The van der Waals surface area contributed by atoms with E-state index in [4.69, 9.17) is 4.74 Å². The Morgan fingerprint density at radius 3 is 2.58 bits per heavy atom. The molecular formula is C19H25N3O2. The molecule has 24 heavy (non-hydrogen) atoms. The quantitative estimate of drug-likeness (QED) is 0.849. The summed E-state index contributed by atoms with van der Waals surface area (Å²) in [6, 6.07) is 14.1. The highest BCUT2D eigenvalue weighted by Crippen LogP contribution is 2.18. The third-order valence-electron chi connectivity index (χ3n) is 3.99. The molecule has 5 heteroatoms. The molecule has 2 aromatic rings. The van der Waals surface area contributed by atoms with E-state index in [0.717, 1.165) is 17.9 Å². The zero-order valence-electron chi connectivity index (χ0n) is 14.7. The number of methoxy groups -OCH3 is 1. The van der Waals surface area contributed by atoms with Crippen LogP contribution in [-0.2, 0) is 22.6 Å². The van der Waals surface area contributed by atoms with Gasteiger partial charge in [-0.05, 0) is 25.5 Å². The van der Waals surface area contributed by atoms with E-state index in [-0.39, 0.29) is 5.91 Å².